The monoisotopic (exact) mass is 449 g/mol. The average molecular weight is 450 g/mol. The predicted octanol–water partition coefficient (Wildman–Crippen LogP) is 4.61. The Bertz CT molecular complexity index is 1390. The van der Waals surface area contributed by atoms with Gasteiger partial charge in [0, 0.05) is 18.0 Å². The molecule has 32 heavy (non-hydrogen) atoms. The maximum Gasteiger partial charge on any atom is 0.229 e. The molecule has 0 radical (unpaired) electrons. The first-order chi connectivity index (χ1) is 15.4. The number of piperidine rings is 1. The van der Waals surface area contributed by atoms with Gasteiger partial charge in [-0.15, -0.1) is 5.10 Å². The van der Waals surface area contributed by atoms with E-state index >= 15 is 0 Å². The largest absolute Gasteiger partial charge is 0.353 e. The molecular formula is C24H27N5O2S. The number of anilines is 1. The topological polar surface area (TPSA) is 80.5 Å². The Kier molecular flexibility index (Phi) is 5.12. The number of benzene rings is 2. The minimum absolute atomic E-state index is 0.105. The van der Waals surface area contributed by atoms with Crippen LogP contribution in [0.4, 0.5) is 5.82 Å². The van der Waals surface area contributed by atoms with Crippen LogP contribution in [0.1, 0.15) is 51.5 Å². The first-order valence-corrected chi connectivity index (χ1v) is 12.6. The summed E-state index contributed by atoms with van der Waals surface area (Å²) >= 11 is 0. The van der Waals surface area contributed by atoms with Crippen molar-refractivity contribution in [1.82, 2.24) is 19.8 Å². The second kappa shape index (κ2) is 7.85. The van der Waals surface area contributed by atoms with Crippen LogP contribution in [0.15, 0.2) is 58.5 Å². The molecule has 0 unspecified atom stereocenters. The Morgan fingerprint density at radius 1 is 1.03 bits per heavy atom. The minimum atomic E-state index is -3.87. The van der Waals surface area contributed by atoms with Crippen LogP contribution in [0.25, 0.3) is 16.6 Å². The van der Waals surface area contributed by atoms with E-state index in [1.807, 2.05) is 36.4 Å². The fraction of sp³-hybridized carbons (Fsp3) is 0.375. The molecule has 8 heteroatoms. The first-order valence-electron chi connectivity index (χ1n) is 11.1. The van der Waals surface area contributed by atoms with E-state index in [2.05, 4.69) is 36.0 Å². The van der Waals surface area contributed by atoms with Gasteiger partial charge < -0.3 is 4.90 Å². The molecule has 0 bridgehead atoms. The molecule has 2 aromatic heterocycles. The van der Waals surface area contributed by atoms with Gasteiger partial charge in [-0.1, -0.05) is 43.3 Å². The lowest BCUT2D eigenvalue weighted by Crippen LogP contribution is -2.38. The third kappa shape index (κ3) is 3.33. The molecule has 166 valence electrons. The van der Waals surface area contributed by atoms with Gasteiger partial charge in [-0.25, -0.2) is 13.4 Å². The van der Waals surface area contributed by atoms with Crippen molar-refractivity contribution in [3.63, 3.8) is 0 Å². The third-order valence-corrected chi connectivity index (χ3v) is 8.05. The Balaban J connectivity index is 1.71. The van der Waals surface area contributed by atoms with Crippen molar-refractivity contribution in [1.29, 1.82) is 0 Å². The lowest BCUT2D eigenvalue weighted by Gasteiger charge is -2.35. The number of sulfone groups is 1. The van der Waals surface area contributed by atoms with Crippen LogP contribution in [0, 0.1) is 0 Å². The van der Waals surface area contributed by atoms with E-state index in [0.717, 1.165) is 41.7 Å². The highest BCUT2D eigenvalue weighted by atomic mass is 32.2. The molecule has 1 atom stereocenters. The second-order valence-electron chi connectivity index (χ2n) is 8.85. The summed E-state index contributed by atoms with van der Waals surface area (Å²) in [5.74, 6) is 1.12. The van der Waals surface area contributed by atoms with Gasteiger partial charge in [0.15, 0.2) is 5.65 Å². The number of rotatable bonds is 4. The van der Waals surface area contributed by atoms with E-state index in [4.69, 9.17) is 4.98 Å². The van der Waals surface area contributed by atoms with Crippen LogP contribution in [-0.4, -0.2) is 40.8 Å². The molecule has 2 aromatic carbocycles. The second-order valence-corrected chi connectivity index (χ2v) is 10.7. The number of nitrogens with zero attached hydrogens (tertiary/aromatic N) is 5. The normalized spacial score (nSPS) is 17.5. The highest BCUT2D eigenvalue weighted by molar-refractivity contribution is 7.91. The van der Waals surface area contributed by atoms with Crippen molar-refractivity contribution in [3.8, 4) is 0 Å². The predicted molar refractivity (Wildman–Crippen MR) is 125 cm³/mol. The van der Waals surface area contributed by atoms with Crippen molar-refractivity contribution in [2.75, 3.05) is 11.4 Å². The molecule has 1 saturated heterocycles. The molecule has 1 fully saturated rings. The molecular weight excluding hydrogens is 422 g/mol. The zero-order valence-electron chi connectivity index (χ0n) is 18.6. The summed E-state index contributed by atoms with van der Waals surface area (Å²) in [4.78, 5) is 7.35. The zero-order valence-corrected chi connectivity index (χ0v) is 19.4. The lowest BCUT2D eigenvalue weighted by molar-refractivity contribution is 0.482. The van der Waals surface area contributed by atoms with Crippen molar-refractivity contribution in [2.24, 2.45) is 0 Å². The molecule has 0 amide bonds. The van der Waals surface area contributed by atoms with Crippen molar-refractivity contribution < 1.29 is 8.42 Å². The Morgan fingerprint density at radius 3 is 2.50 bits per heavy atom. The molecule has 0 saturated carbocycles. The quantitative estimate of drug-likeness (QED) is 0.453. The number of aromatic nitrogens is 4. The molecule has 0 N–H and O–H groups in total. The number of hydrogen-bond acceptors (Lipinski definition) is 6. The van der Waals surface area contributed by atoms with Gasteiger partial charge in [-0.3, -0.25) is 0 Å². The first kappa shape index (κ1) is 20.9. The van der Waals surface area contributed by atoms with E-state index < -0.39 is 9.84 Å². The molecule has 0 spiro atoms. The molecule has 4 aromatic rings. The summed E-state index contributed by atoms with van der Waals surface area (Å²) in [7, 11) is -3.87. The van der Waals surface area contributed by atoms with Gasteiger partial charge in [-0.05, 0) is 61.9 Å². The standard InChI is InChI=1S/C24H27N5O2S/c1-16(2)18-11-13-19(14-12-18)32(30,31)24-23-25-22(28-15-7-6-8-17(28)3)20-9-4-5-10-21(20)29(23)27-26-24/h4-5,9-14,16-17H,6-8,15H2,1-3H3/t17-/m0/s1. The minimum Gasteiger partial charge on any atom is -0.353 e. The number of fused-ring (bicyclic) bond motifs is 3. The van der Waals surface area contributed by atoms with Crippen LogP contribution in [0.5, 0.6) is 0 Å². The van der Waals surface area contributed by atoms with Crippen LogP contribution in [-0.2, 0) is 9.84 Å². The molecule has 0 aliphatic carbocycles. The van der Waals surface area contributed by atoms with E-state index in [9.17, 15) is 8.42 Å². The molecule has 7 nitrogen and oxygen atoms in total. The third-order valence-electron chi connectivity index (χ3n) is 6.39. The van der Waals surface area contributed by atoms with Crippen molar-refractivity contribution in [3.05, 3.63) is 54.1 Å². The summed E-state index contributed by atoms with van der Waals surface area (Å²) in [6, 6.07) is 15.2. The van der Waals surface area contributed by atoms with Crippen LogP contribution in [0.3, 0.4) is 0 Å². The van der Waals surface area contributed by atoms with Gasteiger partial charge in [0.25, 0.3) is 0 Å². The van der Waals surface area contributed by atoms with Crippen molar-refractivity contribution >= 4 is 32.2 Å². The van der Waals surface area contributed by atoms with Gasteiger partial charge in [0.1, 0.15) is 5.82 Å². The highest BCUT2D eigenvalue weighted by Gasteiger charge is 2.29. The Hall–Kier alpha value is -3.00. The summed E-state index contributed by atoms with van der Waals surface area (Å²) in [5, 5.41) is 9.14. The fourth-order valence-electron chi connectivity index (χ4n) is 4.48. The Labute approximate surface area is 188 Å². The van der Waals surface area contributed by atoms with Gasteiger partial charge in [-0.2, -0.15) is 4.52 Å². The maximum absolute atomic E-state index is 13.5. The summed E-state index contributed by atoms with van der Waals surface area (Å²) in [6.45, 7) is 7.25. The maximum atomic E-state index is 13.5. The summed E-state index contributed by atoms with van der Waals surface area (Å²) < 4.78 is 28.6. The van der Waals surface area contributed by atoms with E-state index in [1.165, 1.54) is 6.42 Å². The van der Waals surface area contributed by atoms with E-state index in [0.29, 0.717) is 12.0 Å². The van der Waals surface area contributed by atoms with Crippen molar-refractivity contribution in [2.45, 2.75) is 61.9 Å². The molecule has 1 aliphatic heterocycles. The average Bonchev–Trinajstić information content (AvgIpc) is 3.24. The SMILES string of the molecule is CC(C)c1ccc(S(=O)(=O)c2nnn3c2nc(N2CCCC[C@@H]2C)c2ccccc23)cc1. The fourth-order valence-corrected chi connectivity index (χ4v) is 5.71. The van der Waals surface area contributed by atoms with E-state index in [-0.39, 0.29) is 15.6 Å². The van der Waals surface area contributed by atoms with Gasteiger partial charge in [0.05, 0.1) is 10.4 Å². The highest BCUT2D eigenvalue weighted by Crippen LogP contribution is 2.33. The molecule has 3 heterocycles. The number of para-hydroxylation sites is 1. The molecule has 1 aliphatic rings. The van der Waals surface area contributed by atoms with E-state index in [1.54, 1.807) is 16.6 Å². The Morgan fingerprint density at radius 2 is 1.78 bits per heavy atom. The number of hydrogen-bond donors (Lipinski definition) is 0. The zero-order chi connectivity index (χ0) is 22.5. The van der Waals surface area contributed by atoms with Crippen LogP contribution >= 0.6 is 0 Å². The van der Waals surface area contributed by atoms with Crippen LogP contribution < -0.4 is 4.90 Å². The van der Waals surface area contributed by atoms with Crippen LogP contribution in [0.2, 0.25) is 0 Å². The molecule has 5 rings (SSSR count). The smallest absolute Gasteiger partial charge is 0.229 e. The summed E-state index contributed by atoms with van der Waals surface area (Å²) in [6.07, 6.45) is 3.38. The van der Waals surface area contributed by atoms with Gasteiger partial charge >= 0.3 is 0 Å². The summed E-state index contributed by atoms with van der Waals surface area (Å²) in [5.41, 5.74) is 2.15. The lowest BCUT2D eigenvalue weighted by atomic mass is 10.0. The van der Waals surface area contributed by atoms with Gasteiger partial charge in [0.2, 0.25) is 14.9 Å².